The standard InChI is InChI=1S/C11H17F3N2O/c1-17-16-9-3-2-4-10(9)5-6-15-7-8(10)11(12,13)14/h8,15H,2-7H2,1H3. The number of hydrogen-bond donors (Lipinski definition) is 1. The highest BCUT2D eigenvalue weighted by molar-refractivity contribution is 5.92. The van der Waals surface area contributed by atoms with Crippen LogP contribution in [-0.2, 0) is 4.84 Å². The van der Waals surface area contributed by atoms with Crippen LogP contribution in [0.25, 0.3) is 0 Å². The van der Waals surface area contributed by atoms with Gasteiger partial charge in [0.2, 0.25) is 0 Å². The van der Waals surface area contributed by atoms with Gasteiger partial charge in [-0.3, -0.25) is 0 Å². The van der Waals surface area contributed by atoms with Crippen LogP contribution in [0.2, 0.25) is 0 Å². The average molecular weight is 250 g/mol. The van der Waals surface area contributed by atoms with Crippen LogP contribution in [0.15, 0.2) is 5.16 Å². The molecule has 1 saturated heterocycles. The van der Waals surface area contributed by atoms with Gasteiger partial charge in [-0.25, -0.2) is 0 Å². The van der Waals surface area contributed by atoms with Gasteiger partial charge in [-0.15, -0.1) is 0 Å². The molecular formula is C11H17F3N2O. The topological polar surface area (TPSA) is 33.6 Å². The van der Waals surface area contributed by atoms with E-state index in [1.165, 1.54) is 7.11 Å². The first-order chi connectivity index (χ1) is 8.00. The normalized spacial score (nSPS) is 36.7. The number of nitrogens with zero attached hydrogens (tertiary/aromatic N) is 1. The second-order valence-electron chi connectivity index (χ2n) is 4.78. The van der Waals surface area contributed by atoms with Crippen LogP contribution in [-0.4, -0.2) is 32.1 Å². The number of nitrogens with one attached hydrogen (secondary N) is 1. The third-order valence-corrected chi connectivity index (χ3v) is 3.97. The summed E-state index contributed by atoms with van der Waals surface area (Å²) in [4.78, 5) is 4.71. The van der Waals surface area contributed by atoms with E-state index in [-0.39, 0.29) is 6.54 Å². The second-order valence-corrected chi connectivity index (χ2v) is 4.78. The summed E-state index contributed by atoms with van der Waals surface area (Å²) in [6.07, 6.45) is -1.71. The smallest absolute Gasteiger partial charge is 0.393 e. The molecule has 3 nitrogen and oxygen atoms in total. The fourth-order valence-corrected chi connectivity index (χ4v) is 3.21. The summed E-state index contributed by atoms with van der Waals surface area (Å²) in [6, 6.07) is 0. The lowest BCUT2D eigenvalue weighted by Gasteiger charge is -2.42. The summed E-state index contributed by atoms with van der Waals surface area (Å²) in [5.74, 6) is -1.33. The third-order valence-electron chi connectivity index (χ3n) is 3.97. The van der Waals surface area contributed by atoms with E-state index < -0.39 is 17.5 Å². The molecule has 98 valence electrons. The number of oxime groups is 1. The Kier molecular flexibility index (Phi) is 3.34. The minimum absolute atomic E-state index is 0.00770. The zero-order chi connectivity index (χ0) is 12.5. The summed E-state index contributed by atoms with van der Waals surface area (Å²) in [6.45, 7) is 0.613. The van der Waals surface area contributed by atoms with E-state index in [1.54, 1.807) is 0 Å². The summed E-state index contributed by atoms with van der Waals surface area (Å²) >= 11 is 0. The highest BCUT2D eigenvalue weighted by Gasteiger charge is 2.58. The van der Waals surface area contributed by atoms with E-state index in [0.717, 1.165) is 6.42 Å². The molecule has 0 aromatic rings. The van der Waals surface area contributed by atoms with Crippen LogP contribution in [0.1, 0.15) is 25.7 Å². The van der Waals surface area contributed by atoms with Gasteiger partial charge in [-0.05, 0) is 32.2 Å². The van der Waals surface area contributed by atoms with Gasteiger partial charge in [-0.1, -0.05) is 5.16 Å². The Morgan fingerprint density at radius 1 is 1.41 bits per heavy atom. The van der Waals surface area contributed by atoms with Crippen LogP contribution < -0.4 is 5.32 Å². The molecule has 1 spiro atoms. The first-order valence-corrected chi connectivity index (χ1v) is 5.88. The van der Waals surface area contributed by atoms with Crippen LogP contribution in [0, 0.1) is 11.3 Å². The molecule has 1 N–H and O–H groups in total. The SMILES string of the molecule is CON=C1CCCC12CCNCC2C(F)(F)F. The van der Waals surface area contributed by atoms with Crippen LogP contribution in [0.4, 0.5) is 13.2 Å². The molecule has 2 aliphatic rings. The summed E-state index contributed by atoms with van der Waals surface area (Å²) in [5, 5.41) is 6.69. The molecule has 2 atom stereocenters. The molecule has 1 saturated carbocycles. The van der Waals surface area contributed by atoms with Crippen LogP contribution >= 0.6 is 0 Å². The molecule has 6 heteroatoms. The van der Waals surface area contributed by atoms with Crippen LogP contribution in [0.3, 0.4) is 0 Å². The van der Waals surface area contributed by atoms with Crippen LogP contribution in [0.5, 0.6) is 0 Å². The highest BCUT2D eigenvalue weighted by Crippen LogP contribution is 2.52. The monoisotopic (exact) mass is 250 g/mol. The number of halogens is 3. The van der Waals surface area contributed by atoms with E-state index in [0.29, 0.717) is 31.5 Å². The molecule has 2 rings (SSSR count). The largest absolute Gasteiger partial charge is 0.399 e. The average Bonchev–Trinajstić information content (AvgIpc) is 2.62. The second kappa shape index (κ2) is 4.48. The molecule has 0 aromatic heterocycles. The van der Waals surface area contributed by atoms with E-state index in [2.05, 4.69) is 10.5 Å². The van der Waals surface area contributed by atoms with Crippen molar-refractivity contribution in [2.45, 2.75) is 31.9 Å². The third kappa shape index (κ3) is 2.14. The Hall–Kier alpha value is -0.780. The number of alkyl halides is 3. The number of rotatable bonds is 1. The molecule has 0 amide bonds. The first kappa shape index (κ1) is 12.7. The Morgan fingerprint density at radius 3 is 2.82 bits per heavy atom. The van der Waals surface area contributed by atoms with Gasteiger partial charge in [0.15, 0.2) is 0 Å². The summed E-state index contributed by atoms with van der Waals surface area (Å²) < 4.78 is 39.3. The minimum Gasteiger partial charge on any atom is -0.399 e. The van der Waals surface area contributed by atoms with Gasteiger partial charge in [0.1, 0.15) is 7.11 Å². The van der Waals surface area contributed by atoms with Gasteiger partial charge >= 0.3 is 6.18 Å². The summed E-state index contributed by atoms with van der Waals surface area (Å²) in [7, 11) is 1.39. The van der Waals surface area contributed by atoms with Crippen molar-refractivity contribution in [3.05, 3.63) is 0 Å². The fourth-order valence-electron chi connectivity index (χ4n) is 3.21. The van der Waals surface area contributed by atoms with Gasteiger partial charge < -0.3 is 10.2 Å². The van der Waals surface area contributed by atoms with Gasteiger partial charge in [0.05, 0.1) is 11.6 Å². The van der Waals surface area contributed by atoms with E-state index in [1.807, 2.05) is 0 Å². The first-order valence-electron chi connectivity index (χ1n) is 5.88. The van der Waals surface area contributed by atoms with Crippen molar-refractivity contribution < 1.29 is 18.0 Å². The molecule has 1 aliphatic carbocycles. The highest BCUT2D eigenvalue weighted by atomic mass is 19.4. The van der Waals surface area contributed by atoms with Crippen molar-refractivity contribution in [1.82, 2.24) is 5.32 Å². The Bertz CT molecular complexity index is 316. The molecular weight excluding hydrogens is 233 g/mol. The zero-order valence-electron chi connectivity index (χ0n) is 9.81. The van der Waals surface area contributed by atoms with Crippen molar-refractivity contribution in [2.24, 2.45) is 16.5 Å². The van der Waals surface area contributed by atoms with E-state index >= 15 is 0 Å². The molecule has 1 aliphatic heterocycles. The minimum atomic E-state index is -4.17. The lowest BCUT2D eigenvalue weighted by Crippen LogP contribution is -2.53. The van der Waals surface area contributed by atoms with Gasteiger partial charge in [-0.2, -0.15) is 13.2 Å². The van der Waals surface area contributed by atoms with Gasteiger partial charge in [0, 0.05) is 12.0 Å². The molecule has 0 aromatic carbocycles. The van der Waals surface area contributed by atoms with Crippen molar-refractivity contribution in [3.8, 4) is 0 Å². The lowest BCUT2D eigenvalue weighted by atomic mass is 9.68. The Balaban J connectivity index is 2.34. The molecule has 0 radical (unpaired) electrons. The zero-order valence-corrected chi connectivity index (χ0v) is 9.81. The van der Waals surface area contributed by atoms with E-state index in [9.17, 15) is 13.2 Å². The van der Waals surface area contributed by atoms with Gasteiger partial charge in [0.25, 0.3) is 0 Å². The predicted molar refractivity (Wildman–Crippen MR) is 57.8 cm³/mol. The molecule has 2 unspecified atom stereocenters. The molecule has 1 heterocycles. The fraction of sp³-hybridized carbons (Fsp3) is 0.909. The van der Waals surface area contributed by atoms with Crippen molar-refractivity contribution in [1.29, 1.82) is 0 Å². The van der Waals surface area contributed by atoms with Crippen molar-refractivity contribution >= 4 is 5.71 Å². The van der Waals surface area contributed by atoms with Crippen molar-refractivity contribution in [2.75, 3.05) is 20.2 Å². The molecule has 17 heavy (non-hydrogen) atoms. The Morgan fingerprint density at radius 2 is 2.18 bits per heavy atom. The maximum Gasteiger partial charge on any atom is 0.393 e. The molecule has 2 fully saturated rings. The maximum atomic E-state index is 13.1. The number of hydrogen-bond acceptors (Lipinski definition) is 3. The molecule has 0 bridgehead atoms. The quantitative estimate of drug-likeness (QED) is 0.725. The van der Waals surface area contributed by atoms with E-state index in [4.69, 9.17) is 4.84 Å². The predicted octanol–water partition coefficient (Wildman–Crippen LogP) is 2.33. The van der Waals surface area contributed by atoms with Crippen molar-refractivity contribution in [3.63, 3.8) is 0 Å². The summed E-state index contributed by atoms with van der Waals surface area (Å²) in [5.41, 5.74) is -0.219. The maximum absolute atomic E-state index is 13.1. The number of piperidine rings is 1. The Labute approximate surface area is 98.4 Å². The lowest BCUT2D eigenvalue weighted by molar-refractivity contribution is -0.201.